The number of rotatable bonds is 3. The van der Waals surface area contributed by atoms with Crippen LogP contribution in [0.3, 0.4) is 0 Å². The first-order valence-electron chi connectivity index (χ1n) is 6.45. The second kappa shape index (κ2) is 5.88. The number of nitrogens with zero attached hydrogens (tertiary/aromatic N) is 3. The van der Waals surface area contributed by atoms with Crippen LogP contribution in [-0.4, -0.2) is 12.0 Å². The van der Waals surface area contributed by atoms with Crippen LogP contribution in [0.25, 0.3) is 0 Å². The highest BCUT2D eigenvalue weighted by Gasteiger charge is 2.13. The molecule has 0 saturated carbocycles. The van der Waals surface area contributed by atoms with Crippen molar-refractivity contribution >= 4 is 5.69 Å². The van der Waals surface area contributed by atoms with Crippen molar-refractivity contribution in [1.29, 1.82) is 5.26 Å². The maximum absolute atomic E-state index is 13.2. The highest BCUT2D eigenvalue weighted by Crippen LogP contribution is 2.24. The minimum absolute atomic E-state index is 0.370. The average molecular weight is 287 g/mol. The Labute approximate surface area is 122 Å². The van der Waals surface area contributed by atoms with Crippen molar-refractivity contribution in [2.24, 2.45) is 0 Å². The average Bonchev–Trinajstić information content (AvgIpc) is 2.42. The van der Waals surface area contributed by atoms with E-state index in [4.69, 9.17) is 0 Å². The lowest BCUT2D eigenvalue weighted by molar-refractivity contribution is 0.507. The molecule has 0 aliphatic carbocycles. The number of aromatic nitrogens is 1. The fourth-order valence-corrected chi connectivity index (χ4v) is 2.24. The Hall–Kier alpha value is -2.48. The van der Waals surface area contributed by atoms with Gasteiger partial charge in [-0.2, -0.15) is 5.26 Å². The van der Waals surface area contributed by atoms with Crippen molar-refractivity contribution in [3.8, 4) is 6.07 Å². The van der Waals surface area contributed by atoms with Crippen LogP contribution >= 0.6 is 0 Å². The van der Waals surface area contributed by atoms with E-state index in [9.17, 15) is 14.0 Å². The third-order valence-corrected chi connectivity index (χ3v) is 3.23. The van der Waals surface area contributed by atoms with E-state index in [0.717, 1.165) is 17.4 Å². The Morgan fingerprint density at radius 2 is 1.90 bits per heavy atom. The molecular formula is C16H15F2N3. The molecule has 0 N–H and O–H groups in total. The molecule has 0 bridgehead atoms. The maximum Gasteiger partial charge on any atom is 0.159 e. The van der Waals surface area contributed by atoms with Gasteiger partial charge in [-0.3, -0.25) is 4.98 Å². The zero-order valence-electron chi connectivity index (χ0n) is 12.1. The molecule has 0 unspecified atom stereocenters. The molecule has 0 saturated heterocycles. The molecule has 1 heterocycles. The van der Waals surface area contributed by atoms with Crippen LogP contribution in [0.2, 0.25) is 0 Å². The van der Waals surface area contributed by atoms with Gasteiger partial charge in [0.1, 0.15) is 6.07 Å². The number of anilines is 1. The van der Waals surface area contributed by atoms with Gasteiger partial charge in [0.2, 0.25) is 0 Å². The molecule has 1 aromatic heterocycles. The van der Waals surface area contributed by atoms with E-state index < -0.39 is 11.6 Å². The summed E-state index contributed by atoms with van der Waals surface area (Å²) in [7, 11) is 1.80. The molecule has 2 aromatic rings. The lowest BCUT2D eigenvalue weighted by Crippen LogP contribution is -2.19. The largest absolute Gasteiger partial charge is 0.369 e. The number of benzene rings is 1. The van der Waals surface area contributed by atoms with Crippen molar-refractivity contribution in [2.75, 3.05) is 11.9 Å². The van der Waals surface area contributed by atoms with Gasteiger partial charge in [-0.15, -0.1) is 0 Å². The van der Waals surface area contributed by atoms with Crippen LogP contribution < -0.4 is 4.90 Å². The second-order valence-electron chi connectivity index (χ2n) is 4.96. The normalized spacial score (nSPS) is 10.3. The van der Waals surface area contributed by atoms with Gasteiger partial charge in [0.05, 0.1) is 16.9 Å². The van der Waals surface area contributed by atoms with Crippen LogP contribution in [0.4, 0.5) is 14.5 Å². The summed E-state index contributed by atoms with van der Waals surface area (Å²) < 4.78 is 26.2. The van der Waals surface area contributed by atoms with Crippen LogP contribution in [0.5, 0.6) is 0 Å². The van der Waals surface area contributed by atoms with Crippen LogP contribution in [0, 0.1) is 36.8 Å². The lowest BCUT2D eigenvalue weighted by atomic mass is 10.1. The van der Waals surface area contributed by atoms with Gasteiger partial charge < -0.3 is 4.90 Å². The molecular weight excluding hydrogens is 272 g/mol. The summed E-state index contributed by atoms with van der Waals surface area (Å²) in [4.78, 5) is 6.09. The molecule has 0 aliphatic rings. The summed E-state index contributed by atoms with van der Waals surface area (Å²) in [6, 6.07) is 7.75. The first-order chi connectivity index (χ1) is 9.92. The molecule has 21 heavy (non-hydrogen) atoms. The fourth-order valence-electron chi connectivity index (χ4n) is 2.24. The van der Waals surface area contributed by atoms with Crippen LogP contribution in [-0.2, 0) is 6.54 Å². The Kier molecular flexibility index (Phi) is 4.18. The van der Waals surface area contributed by atoms with Gasteiger partial charge in [-0.1, -0.05) is 6.07 Å². The van der Waals surface area contributed by atoms with Gasteiger partial charge in [-0.05, 0) is 37.6 Å². The van der Waals surface area contributed by atoms with Crippen molar-refractivity contribution in [1.82, 2.24) is 4.98 Å². The van der Waals surface area contributed by atoms with Gasteiger partial charge in [-0.25, -0.2) is 8.78 Å². The fraction of sp³-hybridized carbons (Fsp3) is 0.250. The molecule has 0 amide bonds. The highest BCUT2D eigenvalue weighted by atomic mass is 19.2. The third-order valence-electron chi connectivity index (χ3n) is 3.23. The SMILES string of the molecule is Cc1cc(N(C)Cc2ccc(F)c(F)c2)c(C#N)c(C)n1. The van der Waals surface area contributed by atoms with E-state index in [1.54, 1.807) is 14.0 Å². The molecule has 0 fully saturated rings. The summed E-state index contributed by atoms with van der Waals surface area (Å²) in [5.74, 6) is -1.74. The van der Waals surface area contributed by atoms with Gasteiger partial charge in [0.15, 0.2) is 11.6 Å². The Balaban J connectivity index is 2.34. The van der Waals surface area contributed by atoms with Gasteiger partial charge in [0, 0.05) is 19.3 Å². The zero-order valence-corrected chi connectivity index (χ0v) is 12.1. The smallest absolute Gasteiger partial charge is 0.159 e. The standard InChI is InChI=1S/C16H15F2N3/c1-10-6-16(13(8-19)11(2)20-10)21(3)9-12-4-5-14(17)15(18)7-12/h4-7H,9H2,1-3H3. The number of halogens is 2. The van der Waals surface area contributed by atoms with Crippen molar-refractivity contribution < 1.29 is 8.78 Å². The van der Waals surface area contributed by atoms with Gasteiger partial charge >= 0.3 is 0 Å². The lowest BCUT2D eigenvalue weighted by Gasteiger charge is -2.22. The number of hydrogen-bond acceptors (Lipinski definition) is 3. The Morgan fingerprint density at radius 3 is 2.52 bits per heavy atom. The highest BCUT2D eigenvalue weighted by molar-refractivity contribution is 5.61. The minimum atomic E-state index is -0.872. The molecule has 5 heteroatoms. The number of hydrogen-bond donors (Lipinski definition) is 0. The van der Waals surface area contributed by atoms with Crippen LogP contribution in [0.15, 0.2) is 24.3 Å². The Bertz CT molecular complexity index is 720. The van der Waals surface area contributed by atoms with Crippen molar-refractivity contribution in [3.63, 3.8) is 0 Å². The second-order valence-corrected chi connectivity index (χ2v) is 4.96. The van der Waals surface area contributed by atoms with Crippen LogP contribution in [0.1, 0.15) is 22.5 Å². The maximum atomic E-state index is 13.2. The van der Waals surface area contributed by atoms with Crippen molar-refractivity contribution in [3.05, 3.63) is 58.4 Å². The topological polar surface area (TPSA) is 39.9 Å². The van der Waals surface area contributed by atoms with E-state index in [2.05, 4.69) is 11.1 Å². The number of aryl methyl sites for hydroxylation is 2. The molecule has 0 aliphatic heterocycles. The molecule has 1 aromatic carbocycles. The van der Waals surface area contributed by atoms with E-state index in [1.165, 1.54) is 12.1 Å². The van der Waals surface area contributed by atoms with E-state index >= 15 is 0 Å². The van der Waals surface area contributed by atoms with Gasteiger partial charge in [0.25, 0.3) is 0 Å². The van der Waals surface area contributed by atoms with Crippen molar-refractivity contribution in [2.45, 2.75) is 20.4 Å². The minimum Gasteiger partial charge on any atom is -0.369 e. The summed E-state index contributed by atoms with van der Waals surface area (Å²) in [5.41, 5.74) is 3.31. The summed E-state index contributed by atoms with van der Waals surface area (Å²) in [5, 5.41) is 9.26. The first kappa shape index (κ1) is 14.9. The summed E-state index contributed by atoms with van der Waals surface area (Å²) >= 11 is 0. The molecule has 0 radical (unpaired) electrons. The molecule has 2 rings (SSSR count). The summed E-state index contributed by atoms with van der Waals surface area (Å²) in [6.45, 7) is 4.00. The summed E-state index contributed by atoms with van der Waals surface area (Å²) in [6.07, 6.45) is 0. The number of nitriles is 1. The van der Waals surface area contributed by atoms with E-state index in [0.29, 0.717) is 23.4 Å². The molecule has 3 nitrogen and oxygen atoms in total. The monoisotopic (exact) mass is 287 g/mol. The molecule has 0 atom stereocenters. The zero-order chi connectivity index (χ0) is 15.6. The first-order valence-corrected chi connectivity index (χ1v) is 6.45. The number of pyridine rings is 1. The van der Waals surface area contributed by atoms with E-state index in [-0.39, 0.29) is 0 Å². The third kappa shape index (κ3) is 3.16. The predicted molar refractivity (Wildman–Crippen MR) is 76.9 cm³/mol. The predicted octanol–water partition coefficient (Wildman–Crippen LogP) is 3.48. The molecule has 0 spiro atoms. The van der Waals surface area contributed by atoms with E-state index in [1.807, 2.05) is 17.9 Å². The Morgan fingerprint density at radius 1 is 1.19 bits per heavy atom. The quantitative estimate of drug-likeness (QED) is 0.867. The molecule has 108 valence electrons.